The number of likely N-dealkylation sites (N-methyl/N-ethyl adjacent to an activating group) is 1. The summed E-state index contributed by atoms with van der Waals surface area (Å²) in [6.45, 7) is 7.06. The van der Waals surface area contributed by atoms with Crippen LogP contribution in [-0.4, -0.2) is 66.5 Å². The molecule has 4 nitrogen and oxygen atoms in total. The predicted octanol–water partition coefficient (Wildman–Crippen LogP) is 4.44. The Hall–Kier alpha value is -1.34. The first-order valence-electron chi connectivity index (χ1n) is 11.9. The van der Waals surface area contributed by atoms with Crippen molar-refractivity contribution in [2.24, 2.45) is 5.92 Å². The number of fused-ring (bicyclic) bond motifs is 1. The van der Waals surface area contributed by atoms with Gasteiger partial charge in [0.05, 0.1) is 12.2 Å². The lowest BCUT2D eigenvalue weighted by Crippen LogP contribution is -2.42. The van der Waals surface area contributed by atoms with Crippen LogP contribution in [0.1, 0.15) is 46.8 Å². The number of hydrogen-bond donors (Lipinski definition) is 0. The molecule has 1 aromatic heterocycles. The topological polar surface area (TPSA) is 22.6 Å². The van der Waals surface area contributed by atoms with Crippen LogP contribution in [-0.2, 0) is 25.9 Å². The number of likely N-dealkylation sites (tertiary alicyclic amines) is 1. The molecular formula is C25H37FN4S. The molecule has 0 amide bonds. The predicted molar refractivity (Wildman–Crippen MR) is 127 cm³/mol. The maximum atomic E-state index is 14.1. The molecule has 1 aliphatic heterocycles. The maximum Gasteiger partial charge on any atom is 0.127 e. The first-order chi connectivity index (χ1) is 15.1. The zero-order valence-electron chi connectivity index (χ0n) is 19.2. The van der Waals surface area contributed by atoms with Gasteiger partial charge >= 0.3 is 0 Å². The molecule has 2 aliphatic rings. The van der Waals surface area contributed by atoms with Crippen molar-refractivity contribution >= 4 is 11.3 Å². The summed E-state index contributed by atoms with van der Waals surface area (Å²) in [7, 11) is 4.30. The van der Waals surface area contributed by atoms with Crippen LogP contribution in [0.3, 0.4) is 0 Å². The lowest BCUT2D eigenvalue weighted by Gasteiger charge is -2.36. The minimum absolute atomic E-state index is 0.0787. The van der Waals surface area contributed by atoms with E-state index in [0.717, 1.165) is 57.8 Å². The SMILES string of the molecule is CN(C)CCN(Cc1nc2c(s1)CCCC2)CC1CCCN(Cc2ccccc2F)C1. The summed E-state index contributed by atoms with van der Waals surface area (Å²) >= 11 is 1.95. The van der Waals surface area contributed by atoms with E-state index in [-0.39, 0.29) is 5.82 Å². The molecule has 1 aliphatic carbocycles. The van der Waals surface area contributed by atoms with Crippen molar-refractivity contribution in [2.45, 2.75) is 51.6 Å². The standard InChI is InChI=1S/C25H37FN4S/c1-28(2)14-15-30(19-25-27-23-11-5-6-12-24(23)31-25)17-20-8-7-13-29(16-20)18-21-9-3-4-10-22(21)26/h3-4,9-10,20H,5-8,11-19H2,1-2H3. The number of piperidine rings is 1. The number of nitrogens with zero attached hydrogens (tertiary/aromatic N) is 4. The van der Waals surface area contributed by atoms with Crippen LogP contribution in [0.2, 0.25) is 0 Å². The fourth-order valence-electron chi connectivity index (χ4n) is 4.92. The molecule has 2 aromatic rings. The van der Waals surface area contributed by atoms with Gasteiger partial charge in [-0.1, -0.05) is 18.2 Å². The number of hydrogen-bond acceptors (Lipinski definition) is 5. The second-order valence-electron chi connectivity index (χ2n) is 9.56. The van der Waals surface area contributed by atoms with Gasteiger partial charge in [-0.25, -0.2) is 9.37 Å². The van der Waals surface area contributed by atoms with Crippen LogP contribution in [0.4, 0.5) is 4.39 Å². The van der Waals surface area contributed by atoms with Gasteiger partial charge in [-0.15, -0.1) is 11.3 Å². The van der Waals surface area contributed by atoms with Crippen LogP contribution >= 0.6 is 11.3 Å². The van der Waals surface area contributed by atoms with E-state index in [9.17, 15) is 4.39 Å². The largest absolute Gasteiger partial charge is 0.308 e. The molecule has 31 heavy (non-hydrogen) atoms. The number of aromatic nitrogens is 1. The number of halogens is 1. The van der Waals surface area contributed by atoms with Gasteiger partial charge in [0.2, 0.25) is 0 Å². The lowest BCUT2D eigenvalue weighted by molar-refractivity contribution is 0.119. The molecule has 0 N–H and O–H groups in total. The van der Waals surface area contributed by atoms with Gasteiger partial charge in [0, 0.05) is 43.2 Å². The highest BCUT2D eigenvalue weighted by molar-refractivity contribution is 7.11. The summed E-state index contributed by atoms with van der Waals surface area (Å²) in [5.74, 6) is 0.558. The van der Waals surface area contributed by atoms with E-state index in [1.807, 2.05) is 23.5 Å². The third kappa shape index (κ3) is 6.58. The Morgan fingerprint density at radius 3 is 2.77 bits per heavy atom. The Morgan fingerprint density at radius 1 is 1.13 bits per heavy atom. The zero-order valence-corrected chi connectivity index (χ0v) is 20.0. The Kier molecular flexibility index (Phi) is 8.10. The second kappa shape index (κ2) is 11.0. The van der Waals surface area contributed by atoms with E-state index >= 15 is 0 Å². The first-order valence-corrected chi connectivity index (χ1v) is 12.7. The van der Waals surface area contributed by atoms with E-state index in [1.54, 1.807) is 12.1 Å². The number of rotatable bonds is 9. The fraction of sp³-hybridized carbons (Fsp3) is 0.640. The van der Waals surface area contributed by atoms with Crippen LogP contribution in [0, 0.1) is 11.7 Å². The van der Waals surface area contributed by atoms with Gasteiger partial charge in [-0.2, -0.15) is 0 Å². The van der Waals surface area contributed by atoms with Gasteiger partial charge in [0.1, 0.15) is 10.8 Å². The normalized spacial score (nSPS) is 19.8. The Balaban J connectivity index is 1.37. The number of benzene rings is 1. The van der Waals surface area contributed by atoms with Crippen LogP contribution in [0.25, 0.3) is 0 Å². The van der Waals surface area contributed by atoms with Crippen LogP contribution in [0.15, 0.2) is 24.3 Å². The van der Waals surface area contributed by atoms with Crippen molar-refractivity contribution in [3.05, 3.63) is 51.2 Å². The van der Waals surface area contributed by atoms with Crippen molar-refractivity contribution in [3.63, 3.8) is 0 Å². The third-order valence-electron chi connectivity index (χ3n) is 6.58. The summed E-state index contributed by atoms with van der Waals surface area (Å²) in [6, 6.07) is 7.22. The Morgan fingerprint density at radius 2 is 1.97 bits per heavy atom. The molecule has 0 radical (unpaired) electrons. The molecule has 4 rings (SSSR count). The molecule has 6 heteroatoms. The van der Waals surface area contributed by atoms with E-state index in [4.69, 9.17) is 4.98 Å². The zero-order chi connectivity index (χ0) is 21.6. The summed E-state index contributed by atoms with van der Waals surface area (Å²) < 4.78 is 14.1. The third-order valence-corrected chi connectivity index (χ3v) is 7.73. The molecule has 0 bridgehead atoms. The van der Waals surface area contributed by atoms with E-state index < -0.39 is 0 Å². The van der Waals surface area contributed by atoms with Crippen molar-refractivity contribution < 1.29 is 4.39 Å². The minimum atomic E-state index is -0.0787. The molecule has 1 fully saturated rings. The van der Waals surface area contributed by atoms with Crippen molar-refractivity contribution in [2.75, 3.05) is 46.8 Å². The molecule has 1 aromatic carbocycles. The smallest absolute Gasteiger partial charge is 0.127 e. The molecule has 0 spiro atoms. The highest BCUT2D eigenvalue weighted by Gasteiger charge is 2.24. The molecule has 2 heterocycles. The first kappa shape index (κ1) is 22.8. The van der Waals surface area contributed by atoms with Gasteiger partial charge in [0.15, 0.2) is 0 Å². The quantitative estimate of drug-likeness (QED) is 0.570. The van der Waals surface area contributed by atoms with Crippen molar-refractivity contribution in [1.82, 2.24) is 19.7 Å². The fourth-order valence-corrected chi connectivity index (χ4v) is 6.12. The average Bonchev–Trinajstić information content (AvgIpc) is 3.16. The molecular weight excluding hydrogens is 407 g/mol. The lowest BCUT2D eigenvalue weighted by atomic mass is 9.96. The second-order valence-corrected chi connectivity index (χ2v) is 10.7. The summed E-state index contributed by atoms with van der Waals surface area (Å²) in [4.78, 5) is 13.9. The van der Waals surface area contributed by atoms with Gasteiger partial charge in [-0.05, 0) is 71.1 Å². The van der Waals surface area contributed by atoms with Gasteiger partial charge in [-0.3, -0.25) is 9.80 Å². The number of thiazole rings is 1. The summed E-state index contributed by atoms with van der Waals surface area (Å²) in [5, 5.41) is 1.30. The monoisotopic (exact) mass is 444 g/mol. The Labute approximate surface area is 191 Å². The highest BCUT2D eigenvalue weighted by atomic mass is 32.1. The number of aryl methyl sites for hydroxylation is 2. The maximum absolute atomic E-state index is 14.1. The van der Waals surface area contributed by atoms with E-state index in [1.165, 1.54) is 47.7 Å². The Bertz CT molecular complexity index is 813. The highest BCUT2D eigenvalue weighted by Crippen LogP contribution is 2.28. The van der Waals surface area contributed by atoms with Crippen molar-refractivity contribution in [1.29, 1.82) is 0 Å². The molecule has 170 valence electrons. The van der Waals surface area contributed by atoms with Gasteiger partial charge < -0.3 is 4.90 Å². The van der Waals surface area contributed by atoms with E-state index in [2.05, 4.69) is 28.8 Å². The van der Waals surface area contributed by atoms with E-state index in [0.29, 0.717) is 5.92 Å². The molecule has 0 saturated carbocycles. The van der Waals surface area contributed by atoms with Crippen molar-refractivity contribution in [3.8, 4) is 0 Å². The molecule has 1 atom stereocenters. The van der Waals surface area contributed by atoms with Gasteiger partial charge in [0.25, 0.3) is 0 Å². The summed E-state index contributed by atoms with van der Waals surface area (Å²) in [5.41, 5.74) is 2.19. The van der Waals surface area contributed by atoms with Crippen LogP contribution < -0.4 is 0 Å². The molecule has 1 unspecified atom stereocenters. The van der Waals surface area contributed by atoms with Crippen LogP contribution in [0.5, 0.6) is 0 Å². The molecule has 1 saturated heterocycles. The minimum Gasteiger partial charge on any atom is -0.308 e. The average molecular weight is 445 g/mol. The summed E-state index contributed by atoms with van der Waals surface area (Å²) in [6.07, 6.45) is 7.46.